The van der Waals surface area contributed by atoms with E-state index in [1.54, 1.807) is 6.92 Å². The Morgan fingerprint density at radius 2 is 2.31 bits per heavy atom. The van der Waals surface area contributed by atoms with Crippen LogP contribution in [0.4, 0.5) is 11.4 Å². The molecule has 86 valence electrons. The van der Waals surface area contributed by atoms with E-state index in [9.17, 15) is 4.79 Å². The number of aliphatic carboxylic acids is 1. The van der Waals surface area contributed by atoms with E-state index in [2.05, 4.69) is 10.2 Å². The highest BCUT2D eigenvalue weighted by molar-refractivity contribution is 5.74. The van der Waals surface area contributed by atoms with Gasteiger partial charge in [0.2, 0.25) is 0 Å². The second-order valence-electron chi connectivity index (χ2n) is 4.13. The lowest BCUT2D eigenvalue weighted by Gasteiger charge is -2.33. The number of anilines is 2. The Kier molecular flexibility index (Phi) is 2.99. The van der Waals surface area contributed by atoms with Crippen LogP contribution in [0.5, 0.6) is 0 Å². The summed E-state index contributed by atoms with van der Waals surface area (Å²) in [5.74, 6) is -1.08. The summed E-state index contributed by atoms with van der Waals surface area (Å²) in [4.78, 5) is 13.0. The second kappa shape index (κ2) is 4.43. The van der Waals surface area contributed by atoms with Gasteiger partial charge in [0, 0.05) is 19.6 Å². The van der Waals surface area contributed by atoms with Crippen LogP contribution >= 0.6 is 0 Å². The lowest BCUT2D eigenvalue weighted by molar-refractivity contribution is -0.140. The maximum absolute atomic E-state index is 10.8. The fourth-order valence-electron chi connectivity index (χ4n) is 1.94. The molecule has 0 aromatic heterocycles. The molecule has 2 rings (SSSR count). The lowest BCUT2D eigenvalue weighted by Crippen LogP contribution is -2.38. The molecule has 0 radical (unpaired) electrons. The van der Waals surface area contributed by atoms with Gasteiger partial charge in [0.1, 0.15) is 0 Å². The normalized spacial score (nSPS) is 16.2. The molecule has 0 spiro atoms. The third kappa shape index (κ3) is 2.10. The van der Waals surface area contributed by atoms with Crippen LogP contribution in [0.2, 0.25) is 0 Å². The zero-order valence-corrected chi connectivity index (χ0v) is 9.31. The first-order valence-electron chi connectivity index (χ1n) is 5.49. The first-order valence-corrected chi connectivity index (χ1v) is 5.49. The topological polar surface area (TPSA) is 52.6 Å². The summed E-state index contributed by atoms with van der Waals surface area (Å²) in [6, 6.07) is 8.00. The van der Waals surface area contributed by atoms with E-state index >= 15 is 0 Å². The quantitative estimate of drug-likeness (QED) is 0.813. The second-order valence-corrected chi connectivity index (χ2v) is 4.13. The number of para-hydroxylation sites is 2. The molecule has 4 heteroatoms. The monoisotopic (exact) mass is 220 g/mol. The van der Waals surface area contributed by atoms with Gasteiger partial charge in [-0.05, 0) is 12.1 Å². The van der Waals surface area contributed by atoms with Gasteiger partial charge in [0.15, 0.2) is 0 Å². The smallest absolute Gasteiger partial charge is 0.308 e. The maximum atomic E-state index is 10.8. The number of carboxylic acids is 1. The zero-order valence-electron chi connectivity index (χ0n) is 9.31. The molecule has 4 nitrogen and oxygen atoms in total. The van der Waals surface area contributed by atoms with Gasteiger partial charge in [-0.2, -0.15) is 0 Å². The minimum absolute atomic E-state index is 0.342. The molecule has 1 unspecified atom stereocenters. The van der Waals surface area contributed by atoms with E-state index in [0.29, 0.717) is 6.54 Å². The number of carboxylic acid groups (broad SMARTS) is 1. The standard InChI is InChI=1S/C12H16N2O2/c1-9(12(15)16)8-14-7-6-13-10-4-2-3-5-11(10)14/h2-5,9,13H,6-8H2,1H3,(H,15,16). The molecular weight excluding hydrogens is 204 g/mol. The number of nitrogens with one attached hydrogen (secondary N) is 1. The number of fused-ring (bicyclic) bond motifs is 1. The van der Waals surface area contributed by atoms with Crippen molar-refractivity contribution in [2.75, 3.05) is 29.9 Å². The molecule has 16 heavy (non-hydrogen) atoms. The van der Waals surface area contributed by atoms with Crippen LogP contribution in [0.1, 0.15) is 6.92 Å². The number of hydrogen-bond donors (Lipinski definition) is 2. The fraction of sp³-hybridized carbons (Fsp3) is 0.417. The van der Waals surface area contributed by atoms with Gasteiger partial charge in [0.25, 0.3) is 0 Å². The number of rotatable bonds is 3. The van der Waals surface area contributed by atoms with Gasteiger partial charge < -0.3 is 15.3 Å². The van der Waals surface area contributed by atoms with Crippen LogP contribution in [0.3, 0.4) is 0 Å². The molecule has 1 atom stereocenters. The van der Waals surface area contributed by atoms with Crippen LogP contribution in [-0.4, -0.2) is 30.7 Å². The van der Waals surface area contributed by atoms with Gasteiger partial charge in [-0.25, -0.2) is 0 Å². The summed E-state index contributed by atoms with van der Waals surface area (Å²) in [7, 11) is 0. The van der Waals surface area contributed by atoms with Crippen LogP contribution in [0, 0.1) is 5.92 Å². The zero-order chi connectivity index (χ0) is 11.5. The number of benzene rings is 1. The number of carbonyl (C=O) groups is 1. The van der Waals surface area contributed by atoms with Crippen LogP contribution in [0.15, 0.2) is 24.3 Å². The minimum atomic E-state index is -0.740. The van der Waals surface area contributed by atoms with E-state index in [-0.39, 0.29) is 5.92 Å². The van der Waals surface area contributed by atoms with Crippen molar-refractivity contribution in [3.05, 3.63) is 24.3 Å². The molecule has 0 aliphatic carbocycles. The molecule has 1 aliphatic heterocycles. The Bertz CT molecular complexity index is 392. The first kappa shape index (κ1) is 10.8. The maximum Gasteiger partial charge on any atom is 0.308 e. The lowest BCUT2D eigenvalue weighted by atomic mass is 10.1. The fourth-order valence-corrected chi connectivity index (χ4v) is 1.94. The molecule has 0 amide bonds. The molecule has 0 saturated heterocycles. The Hall–Kier alpha value is -1.71. The Balaban J connectivity index is 2.16. The molecule has 0 fully saturated rings. The highest BCUT2D eigenvalue weighted by Gasteiger charge is 2.20. The predicted molar refractivity (Wildman–Crippen MR) is 63.9 cm³/mol. The summed E-state index contributed by atoms with van der Waals surface area (Å²) in [5.41, 5.74) is 2.19. The molecule has 1 aromatic rings. The van der Waals surface area contributed by atoms with Crippen molar-refractivity contribution in [1.29, 1.82) is 0 Å². The molecule has 0 saturated carbocycles. The molecule has 1 aliphatic rings. The van der Waals surface area contributed by atoms with E-state index in [0.717, 1.165) is 24.5 Å². The van der Waals surface area contributed by atoms with E-state index in [1.807, 2.05) is 24.3 Å². The van der Waals surface area contributed by atoms with Gasteiger partial charge in [-0.15, -0.1) is 0 Å². The van der Waals surface area contributed by atoms with E-state index < -0.39 is 5.97 Å². The summed E-state index contributed by atoms with van der Waals surface area (Å²) >= 11 is 0. The Labute approximate surface area is 94.9 Å². The first-order chi connectivity index (χ1) is 7.68. The van der Waals surface area contributed by atoms with E-state index in [1.165, 1.54) is 0 Å². The third-order valence-corrected chi connectivity index (χ3v) is 2.86. The van der Waals surface area contributed by atoms with Crippen LogP contribution < -0.4 is 10.2 Å². The molecule has 0 bridgehead atoms. The van der Waals surface area contributed by atoms with Crippen LogP contribution in [-0.2, 0) is 4.79 Å². The largest absolute Gasteiger partial charge is 0.481 e. The Morgan fingerprint density at radius 1 is 1.56 bits per heavy atom. The highest BCUT2D eigenvalue weighted by atomic mass is 16.4. The van der Waals surface area contributed by atoms with Crippen molar-refractivity contribution in [1.82, 2.24) is 0 Å². The molecule has 1 aromatic carbocycles. The van der Waals surface area contributed by atoms with Crippen molar-refractivity contribution < 1.29 is 9.90 Å². The molecule has 2 N–H and O–H groups in total. The average Bonchev–Trinajstić information content (AvgIpc) is 2.29. The summed E-state index contributed by atoms with van der Waals surface area (Å²) in [6.45, 7) is 4.03. The van der Waals surface area contributed by atoms with Crippen molar-refractivity contribution in [3.8, 4) is 0 Å². The third-order valence-electron chi connectivity index (χ3n) is 2.86. The van der Waals surface area contributed by atoms with Gasteiger partial charge in [-0.3, -0.25) is 4.79 Å². The summed E-state index contributed by atoms with van der Waals surface area (Å²) in [5, 5.41) is 12.2. The number of hydrogen-bond acceptors (Lipinski definition) is 3. The summed E-state index contributed by atoms with van der Waals surface area (Å²) in [6.07, 6.45) is 0. The van der Waals surface area contributed by atoms with Gasteiger partial charge in [-0.1, -0.05) is 19.1 Å². The van der Waals surface area contributed by atoms with Crippen molar-refractivity contribution >= 4 is 17.3 Å². The predicted octanol–water partition coefficient (Wildman–Crippen LogP) is 1.64. The van der Waals surface area contributed by atoms with E-state index in [4.69, 9.17) is 5.11 Å². The van der Waals surface area contributed by atoms with Crippen LogP contribution in [0.25, 0.3) is 0 Å². The van der Waals surface area contributed by atoms with Gasteiger partial charge >= 0.3 is 5.97 Å². The minimum Gasteiger partial charge on any atom is -0.481 e. The van der Waals surface area contributed by atoms with Crippen molar-refractivity contribution in [3.63, 3.8) is 0 Å². The van der Waals surface area contributed by atoms with Crippen molar-refractivity contribution in [2.45, 2.75) is 6.92 Å². The molecular formula is C12H16N2O2. The molecule has 1 heterocycles. The Morgan fingerprint density at radius 3 is 3.06 bits per heavy atom. The number of nitrogens with zero attached hydrogens (tertiary/aromatic N) is 1. The average molecular weight is 220 g/mol. The summed E-state index contributed by atoms with van der Waals surface area (Å²) < 4.78 is 0. The van der Waals surface area contributed by atoms with Gasteiger partial charge in [0.05, 0.1) is 17.3 Å². The highest BCUT2D eigenvalue weighted by Crippen LogP contribution is 2.28. The van der Waals surface area contributed by atoms with Crippen molar-refractivity contribution in [2.24, 2.45) is 5.92 Å². The SMILES string of the molecule is CC(CN1CCNc2ccccc21)C(=O)O.